The van der Waals surface area contributed by atoms with E-state index in [4.69, 9.17) is 4.99 Å². The first-order valence-corrected chi connectivity index (χ1v) is 12.4. The number of nitrogens with one attached hydrogen (secondary N) is 1. The lowest BCUT2D eigenvalue weighted by molar-refractivity contribution is 0.791. The molecule has 0 amide bonds. The zero-order chi connectivity index (χ0) is 24.1. The minimum absolute atomic E-state index is 0.312. The van der Waals surface area contributed by atoms with Gasteiger partial charge in [0.05, 0.1) is 0 Å². The molecule has 2 nitrogen and oxygen atoms in total. The van der Waals surface area contributed by atoms with Gasteiger partial charge >= 0.3 is 0 Å². The number of hydrogen-bond acceptors (Lipinski definition) is 2. The van der Waals surface area contributed by atoms with Crippen LogP contribution in [-0.2, 0) is 6.54 Å². The second-order valence-corrected chi connectivity index (χ2v) is 9.70. The van der Waals surface area contributed by atoms with E-state index in [1.807, 2.05) is 6.21 Å². The second-order valence-electron chi connectivity index (χ2n) is 8.83. The minimum atomic E-state index is 0.312. The molecule has 0 aromatic heterocycles. The van der Waals surface area contributed by atoms with Crippen LogP contribution in [0.15, 0.2) is 113 Å². The zero-order valence-electron chi connectivity index (χ0n) is 20.3. The Balaban J connectivity index is 1.56. The molecule has 0 bridgehead atoms. The Labute approximate surface area is 206 Å². The van der Waals surface area contributed by atoms with E-state index >= 15 is 0 Å². The normalized spacial score (nSPS) is 16.8. The third kappa shape index (κ3) is 5.13. The van der Waals surface area contributed by atoms with E-state index in [1.54, 1.807) is 0 Å². The van der Waals surface area contributed by atoms with E-state index < -0.39 is 0 Å². The fraction of sp³-hybridized carbons (Fsp3) is 0.194. The van der Waals surface area contributed by atoms with E-state index in [0.29, 0.717) is 18.3 Å². The van der Waals surface area contributed by atoms with Crippen LogP contribution in [0.4, 0.5) is 0 Å². The maximum Gasteiger partial charge on any atom is 0.118 e. The topological polar surface area (TPSA) is 24.4 Å². The molecular formula is C31H33N2P. The van der Waals surface area contributed by atoms with Crippen LogP contribution in [0.5, 0.6) is 0 Å². The van der Waals surface area contributed by atoms with E-state index in [2.05, 4.69) is 121 Å². The summed E-state index contributed by atoms with van der Waals surface area (Å²) in [4.78, 5) is 4.72. The highest BCUT2D eigenvalue weighted by Gasteiger charge is 2.26. The molecule has 1 aliphatic rings. The van der Waals surface area contributed by atoms with Crippen LogP contribution >= 0.6 is 9.24 Å². The first-order valence-electron chi connectivity index (χ1n) is 11.8. The van der Waals surface area contributed by atoms with Crippen LogP contribution in [0, 0.1) is 0 Å². The molecule has 2 unspecified atom stereocenters. The summed E-state index contributed by atoms with van der Waals surface area (Å²) < 4.78 is 0. The number of aliphatic imine (C=N–C) groups is 1. The largest absolute Gasteiger partial charge is 0.366 e. The number of benzene rings is 3. The first-order chi connectivity index (χ1) is 16.5. The summed E-state index contributed by atoms with van der Waals surface area (Å²) in [5.41, 5.74) is 7.84. The number of rotatable bonds is 7. The van der Waals surface area contributed by atoms with Crippen molar-refractivity contribution in [1.29, 1.82) is 0 Å². The third-order valence-electron chi connectivity index (χ3n) is 6.56. The molecule has 1 aliphatic carbocycles. The number of fused-ring (bicyclic) bond motifs is 2. The summed E-state index contributed by atoms with van der Waals surface area (Å²) >= 11 is 0. The number of hydrogen-bond donors (Lipinski definition) is 1. The van der Waals surface area contributed by atoms with Crippen molar-refractivity contribution in [2.75, 3.05) is 0 Å². The summed E-state index contributed by atoms with van der Waals surface area (Å²) in [6.07, 6.45) is 7.30. The highest BCUT2D eigenvalue weighted by atomic mass is 31.0. The highest BCUT2D eigenvalue weighted by Crippen LogP contribution is 2.43. The molecule has 0 heterocycles. The summed E-state index contributed by atoms with van der Waals surface area (Å²) in [5, 5.41) is 7.18. The Morgan fingerprint density at radius 2 is 1.82 bits per heavy atom. The van der Waals surface area contributed by atoms with Gasteiger partial charge in [-0.1, -0.05) is 90.8 Å². The average molecular weight is 465 g/mol. The maximum absolute atomic E-state index is 4.72. The summed E-state index contributed by atoms with van der Waals surface area (Å²) in [6, 6.07) is 23.6. The minimum Gasteiger partial charge on any atom is -0.366 e. The van der Waals surface area contributed by atoms with Crippen molar-refractivity contribution in [2.24, 2.45) is 4.99 Å². The molecule has 2 atom stereocenters. The molecule has 34 heavy (non-hydrogen) atoms. The van der Waals surface area contributed by atoms with Gasteiger partial charge in [-0.3, -0.25) is 0 Å². The van der Waals surface area contributed by atoms with Gasteiger partial charge in [-0.25, -0.2) is 4.99 Å². The second kappa shape index (κ2) is 10.8. The van der Waals surface area contributed by atoms with Crippen LogP contribution in [-0.4, -0.2) is 6.21 Å². The van der Waals surface area contributed by atoms with Crippen molar-refractivity contribution in [2.45, 2.75) is 39.7 Å². The standard InChI is InChI=1S/C31H33N2P/c1-5-11-28(22(3)34)31-18-26(21(2)27-15-8-9-17-30(27)31)20-33-23(4)32-19-25-14-10-13-24-12-6-7-16-29(24)25/h5-17,20,31-32H,4,18-19,34H2,1-3H3/b11-5-,28-22-,33-20-. The summed E-state index contributed by atoms with van der Waals surface area (Å²) in [5.74, 6) is 0.988. The van der Waals surface area contributed by atoms with E-state index in [-0.39, 0.29) is 0 Å². The third-order valence-corrected chi connectivity index (χ3v) is 6.90. The Hall–Kier alpha value is -3.22. The Morgan fingerprint density at radius 3 is 2.62 bits per heavy atom. The lowest BCUT2D eigenvalue weighted by Gasteiger charge is -2.29. The zero-order valence-corrected chi connectivity index (χ0v) is 21.5. The van der Waals surface area contributed by atoms with Gasteiger partial charge in [0.2, 0.25) is 0 Å². The molecule has 4 rings (SSSR count). The van der Waals surface area contributed by atoms with Crippen LogP contribution in [0.25, 0.3) is 16.3 Å². The van der Waals surface area contributed by atoms with Gasteiger partial charge in [-0.2, -0.15) is 0 Å². The lowest BCUT2D eigenvalue weighted by atomic mass is 9.75. The van der Waals surface area contributed by atoms with Crippen molar-refractivity contribution >= 4 is 31.8 Å². The maximum atomic E-state index is 4.72. The molecule has 0 spiro atoms. The molecular weight excluding hydrogens is 431 g/mol. The number of allylic oxidation sites excluding steroid dienone is 6. The van der Waals surface area contributed by atoms with Crippen molar-refractivity contribution < 1.29 is 0 Å². The number of nitrogens with zero attached hydrogens (tertiary/aromatic N) is 1. The smallest absolute Gasteiger partial charge is 0.118 e. The lowest BCUT2D eigenvalue weighted by Crippen LogP contribution is -2.14. The molecule has 3 aromatic carbocycles. The molecule has 0 radical (unpaired) electrons. The SMILES string of the molecule is C=C(/N=C\C1=C(C)c2ccccc2C(C(/C=C\C)=C(/C)P)C1)NCc1cccc2ccccc12. The summed E-state index contributed by atoms with van der Waals surface area (Å²) in [7, 11) is 2.89. The first kappa shape index (κ1) is 23.9. The Morgan fingerprint density at radius 1 is 1.09 bits per heavy atom. The van der Waals surface area contributed by atoms with Gasteiger partial charge in [-0.05, 0) is 71.4 Å². The predicted molar refractivity (Wildman–Crippen MR) is 152 cm³/mol. The van der Waals surface area contributed by atoms with Gasteiger partial charge in [0.25, 0.3) is 0 Å². The van der Waals surface area contributed by atoms with Crippen LogP contribution in [0.1, 0.15) is 49.8 Å². The van der Waals surface area contributed by atoms with Crippen molar-refractivity contribution in [1.82, 2.24) is 5.32 Å². The molecule has 0 fully saturated rings. The van der Waals surface area contributed by atoms with Gasteiger partial charge < -0.3 is 5.32 Å². The fourth-order valence-corrected chi connectivity index (χ4v) is 5.07. The van der Waals surface area contributed by atoms with Crippen LogP contribution in [0.2, 0.25) is 0 Å². The molecule has 0 aliphatic heterocycles. The molecule has 1 N–H and O–H groups in total. The van der Waals surface area contributed by atoms with E-state index in [9.17, 15) is 0 Å². The van der Waals surface area contributed by atoms with Gasteiger partial charge in [0, 0.05) is 18.7 Å². The van der Waals surface area contributed by atoms with Crippen LogP contribution in [0.3, 0.4) is 0 Å². The van der Waals surface area contributed by atoms with E-state index in [0.717, 1.165) is 6.42 Å². The average Bonchev–Trinajstić information content (AvgIpc) is 2.86. The molecule has 172 valence electrons. The molecule has 0 saturated carbocycles. The van der Waals surface area contributed by atoms with Crippen molar-refractivity contribution in [3.05, 3.63) is 124 Å². The Kier molecular flexibility index (Phi) is 7.60. The predicted octanol–water partition coefficient (Wildman–Crippen LogP) is 8.16. The summed E-state index contributed by atoms with van der Waals surface area (Å²) in [6.45, 7) is 11.3. The van der Waals surface area contributed by atoms with Gasteiger partial charge in [0.15, 0.2) is 0 Å². The van der Waals surface area contributed by atoms with Gasteiger partial charge in [-0.15, -0.1) is 9.24 Å². The van der Waals surface area contributed by atoms with Crippen molar-refractivity contribution in [3.63, 3.8) is 0 Å². The van der Waals surface area contributed by atoms with Crippen molar-refractivity contribution in [3.8, 4) is 0 Å². The van der Waals surface area contributed by atoms with Gasteiger partial charge in [0.1, 0.15) is 5.82 Å². The Bertz CT molecular complexity index is 1330. The quantitative estimate of drug-likeness (QED) is 0.213. The molecule has 3 heteroatoms. The molecule has 3 aromatic rings. The monoisotopic (exact) mass is 464 g/mol. The highest BCUT2D eigenvalue weighted by molar-refractivity contribution is 7.22. The molecule has 0 saturated heterocycles. The fourth-order valence-electron chi connectivity index (χ4n) is 4.77. The van der Waals surface area contributed by atoms with Crippen LogP contribution < -0.4 is 5.32 Å². The van der Waals surface area contributed by atoms with E-state index in [1.165, 1.54) is 49.5 Å².